The van der Waals surface area contributed by atoms with Crippen LogP contribution in [0.2, 0.25) is 0 Å². The Kier molecular flexibility index (Phi) is 6.05. The minimum Gasteiger partial charge on any atom is -0.453 e. The number of aromatic nitrogens is 2. The van der Waals surface area contributed by atoms with Crippen LogP contribution in [0.4, 0.5) is 34.1 Å². The third-order valence-corrected chi connectivity index (χ3v) is 9.25. The fraction of sp³-hybridized carbons (Fsp3) is 0.0732. The molecule has 0 unspecified atom stereocenters. The lowest BCUT2D eigenvalue weighted by atomic mass is 9.73. The first kappa shape index (κ1) is 27.2. The Morgan fingerprint density at radius 3 is 1.49 bits per heavy atom. The van der Waals surface area contributed by atoms with Gasteiger partial charge in [-0.1, -0.05) is 79.7 Å². The van der Waals surface area contributed by atoms with E-state index in [4.69, 9.17) is 14.2 Å². The Morgan fingerprint density at radius 2 is 0.936 bits per heavy atom. The van der Waals surface area contributed by atoms with Gasteiger partial charge in [-0.05, 0) is 96.1 Å². The first-order valence-electron chi connectivity index (χ1n) is 15.8. The molecule has 0 aliphatic carbocycles. The van der Waals surface area contributed by atoms with Crippen LogP contribution < -0.4 is 14.5 Å². The SMILES string of the molecule is CC1(C)c2ccccc2N(c2ccc(-c3nc(-c4ccc(N5c6ccccc6Oc6ccccc65)cc4)no3)cc2)c2ccccc21. The maximum atomic E-state index is 6.17. The van der Waals surface area contributed by atoms with Gasteiger partial charge in [-0.15, -0.1) is 0 Å². The van der Waals surface area contributed by atoms with Crippen molar-refractivity contribution in [3.8, 4) is 34.3 Å². The van der Waals surface area contributed by atoms with Gasteiger partial charge < -0.3 is 19.1 Å². The summed E-state index contributed by atoms with van der Waals surface area (Å²) in [5.41, 5.74) is 10.7. The number of anilines is 6. The second-order valence-corrected chi connectivity index (χ2v) is 12.4. The number of hydrogen-bond donors (Lipinski definition) is 0. The summed E-state index contributed by atoms with van der Waals surface area (Å²) in [7, 11) is 0. The molecule has 2 aliphatic rings. The van der Waals surface area contributed by atoms with Gasteiger partial charge in [-0.2, -0.15) is 4.98 Å². The number of hydrogen-bond acceptors (Lipinski definition) is 6. The van der Waals surface area contributed by atoms with E-state index in [9.17, 15) is 0 Å². The fourth-order valence-electron chi connectivity index (χ4n) is 6.90. The zero-order chi connectivity index (χ0) is 31.5. The van der Waals surface area contributed by atoms with Crippen LogP contribution in [0, 0.1) is 0 Å². The highest BCUT2D eigenvalue weighted by atomic mass is 16.5. The van der Waals surface area contributed by atoms with Crippen LogP contribution in [0.25, 0.3) is 22.8 Å². The standard InChI is InChI=1S/C41H30N4O2/c1-41(2)31-11-3-5-13-33(31)44(34-14-6-4-12-32(34)41)29-25-21-28(22-26-29)40-42-39(43-47-40)27-19-23-30(24-20-27)45-35-15-7-9-17-37(35)46-38-18-10-8-16-36(38)45/h3-26H,1-2H3. The number of para-hydroxylation sites is 6. The third kappa shape index (κ3) is 4.33. The molecule has 2 aliphatic heterocycles. The maximum Gasteiger partial charge on any atom is 0.258 e. The Hall–Kier alpha value is -6.14. The first-order chi connectivity index (χ1) is 23.1. The zero-order valence-corrected chi connectivity index (χ0v) is 26.0. The summed E-state index contributed by atoms with van der Waals surface area (Å²) >= 11 is 0. The minimum absolute atomic E-state index is 0.0981. The van der Waals surface area contributed by atoms with Crippen molar-refractivity contribution in [2.75, 3.05) is 9.80 Å². The van der Waals surface area contributed by atoms with Crippen LogP contribution in [0.15, 0.2) is 150 Å². The van der Waals surface area contributed by atoms with Gasteiger partial charge in [-0.25, -0.2) is 0 Å². The lowest BCUT2D eigenvalue weighted by Crippen LogP contribution is -2.30. The van der Waals surface area contributed by atoms with Crippen LogP contribution in [0.5, 0.6) is 11.5 Å². The molecule has 0 saturated carbocycles. The molecule has 0 atom stereocenters. The smallest absolute Gasteiger partial charge is 0.258 e. The molecule has 0 radical (unpaired) electrons. The Morgan fingerprint density at radius 1 is 0.489 bits per heavy atom. The Bertz CT molecular complexity index is 2180. The molecular formula is C41H30N4O2. The van der Waals surface area contributed by atoms with E-state index in [2.05, 4.69) is 114 Å². The predicted molar refractivity (Wildman–Crippen MR) is 187 cm³/mol. The molecule has 0 fully saturated rings. The topological polar surface area (TPSA) is 54.6 Å². The van der Waals surface area contributed by atoms with Gasteiger partial charge in [0.15, 0.2) is 11.5 Å². The monoisotopic (exact) mass is 610 g/mol. The van der Waals surface area contributed by atoms with E-state index in [-0.39, 0.29) is 5.41 Å². The van der Waals surface area contributed by atoms with Crippen molar-refractivity contribution in [1.29, 1.82) is 0 Å². The molecular weight excluding hydrogens is 580 g/mol. The summed E-state index contributed by atoms with van der Waals surface area (Å²) < 4.78 is 11.9. The first-order valence-corrected chi connectivity index (χ1v) is 15.8. The lowest BCUT2D eigenvalue weighted by molar-refractivity contribution is 0.432. The predicted octanol–water partition coefficient (Wildman–Crippen LogP) is 11.1. The Labute approximate surface area is 273 Å². The summed E-state index contributed by atoms with van der Waals surface area (Å²) in [6.45, 7) is 4.60. The summed E-state index contributed by atoms with van der Waals surface area (Å²) in [5.74, 6) is 2.66. The lowest BCUT2D eigenvalue weighted by Gasteiger charge is -2.42. The molecule has 0 bridgehead atoms. The Balaban J connectivity index is 1.01. The maximum absolute atomic E-state index is 6.17. The highest BCUT2D eigenvalue weighted by Gasteiger charge is 2.36. The van der Waals surface area contributed by atoms with Crippen LogP contribution in [0.3, 0.4) is 0 Å². The quantitative estimate of drug-likeness (QED) is 0.198. The van der Waals surface area contributed by atoms with E-state index in [0.717, 1.165) is 45.4 Å². The van der Waals surface area contributed by atoms with E-state index in [1.54, 1.807) is 0 Å². The van der Waals surface area contributed by atoms with Crippen molar-refractivity contribution in [2.45, 2.75) is 19.3 Å². The van der Waals surface area contributed by atoms with Crippen molar-refractivity contribution in [3.63, 3.8) is 0 Å². The van der Waals surface area contributed by atoms with Gasteiger partial charge in [0.2, 0.25) is 5.82 Å². The average Bonchev–Trinajstić information content (AvgIpc) is 3.62. The summed E-state index contributed by atoms with van der Waals surface area (Å²) in [6.07, 6.45) is 0. The van der Waals surface area contributed by atoms with Crippen LogP contribution in [-0.2, 0) is 5.41 Å². The van der Waals surface area contributed by atoms with Gasteiger partial charge in [0.1, 0.15) is 0 Å². The van der Waals surface area contributed by atoms with Crippen LogP contribution >= 0.6 is 0 Å². The second kappa shape index (κ2) is 10.5. The minimum atomic E-state index is -0.0981. The molecule has 47 heavy (non-hydrogen) atoms. The van der Waals surface area contributed by atoms with Gasteiger partial charge >= 0.3 is 0 Å². The van der Waals surface area contributed by atoms with E-state index in [0.29, 0.717) is 11.7 Å². The number of ether oxygens (including phenoxy) is 1. The van der Waals surface area contributed by atoms with Crippen molar-refractivity contribution in [1.82, 2.24) is 10.1 Å². The van der Waals surface area contributed by atoms with Crippen molar-refractivity contribution >= 4 is 34.1 Å². The van der Waals surface area contributed by atoms with Gasteiger partial charge in [0, 0.05) is 27.9 Å². The summed E-state index contributed by atoms with van der Waals surface area (Å²) in [6, 6.07) is 50.0. The molecule has 6 aromatic carbocycles. The number of rotatable bonds is 4. The van der Waals surface area contributed by atoms with E-state index < -0.39 is 0 Å². The molecule has 9 rings (SSSR count). The molecule has 0 amide bonds. The van der Waals surface area contributed by atoms with Crippen LogP contribution in [0.1, 0.15) is 25.0 Å². The second-order valence-electron chi connectivity index (χ2n) is 12.4. The zero-order valence-electron chi connectivity index (χ0n) is 26.0. The van der Waals surface area contributed by atoms with E-state index in [1.165, 1.54) is 22.5 Å². The van der Waals surface area contributed by atoms with Gasteiger partial charge in [-0.3, -0.25) is 0 Å². The van der Waals surface area contributed by atoms with Crippen LogP contribution in [-0.4, -0.2) is 10.1 Å². The number of fused-ring (bicyclic) bond motifs is 4. The molecule has 3 heterocycles. The van der Waals surface area contributed by atoms with Gasteiger partial charge in [0.25, 0.3) is 5.89 Å². The number of nitrogens with zero attached hydrogens (tertiary/aromatic N) is 4. The molecule has 0 saturated heterocycles. The van der Waals surface area contributed by atoms with E-state index in [1.807, 2.05) is 60.7 Å². The molecule has 0 spiro atoms. The summed E-state index contributed by atoms with van der Waals surface area (Å²) in [4.78, 5) is 9.32. The molecule has 6 nitrogen and oxygen atoms in total. The van der Waals surface area contributed by atoms with E-state index >= 15 is 0 Å². The van der Waals surface area contributed by atoms with Crippen molar-refractivity contribution in [3.05, 3.63) is 157 Å². The van der Waals surface area contributed by atoms with Gasteiger partial charge in [0.05, 0.1) is 22.7 Å². The highest BCUT2D eigenvalue weighted by molar-refractivity contribution is 5.87. The van der Waals surface area contributed by atoms with Crippen molar-refractivity contribution < 1.29 is 9.26 Å². The molecule has 6 heteroatoms. The molecule has 7 aromatic rings. The van der Waals surface area contributed by atoms with Crippen molar-refractivity contribution in [2.24, 2.45) is 0 Å². The third-order valence-electron chi connectivity index (χ3n) is 9.25. The normalized spacial score (nSPS) is 14.0. The summed E-state index contributed by atoms with van der Waals surface area (Å²) in [5, 5.41) is 4.33. The molecule has 226 valence electrons. The average molecular weight is 611 g/mol. The fourth-order valence-corrected chi connectivity index (χ4v) is 6.90. The number of benzene rings is 6. The molecule has 0 N–H and O–H groups in total. The largest absolute Gasteiger partial charge is 0.453 e. The highest BCUT2D eigenvalue weighted by Crippen LogP contribution is 2.52. The molecule has 1 aromatic heterocycles.